The van der Waals surface area contributed by atoms with E-state index in [1.165, 1.54) is 12.3 Å². The fourth-order valence-electron chi connectivity index (χ4n) is 1.00. The predicted molar refractivity (Wildman–Crippen MR) is 54.2 cm³/mol. The van der Waals surface area contributed by atoms with Crippen molar-refractivity contribution in [1.29, 1.82) is 0 Å². The normalized spacial score (nSPS) is 10.4. The van der Waals surface area contributed by atoms with Crippen molar-refractivity contribution in [2.45, 2.75) is 0 Å². The van der Waals surface area contributed by atoms with Crippen molar-refractivity contribution < 1.29 is 4.52 Å². The zero-order valence-corrected chi connectivity index (χ0v) is 8.38. The SMILES string of the molecule is Nc1cc(-c2cnc(Cl)cc2Cl)on1. The van der Waals surface area contributed by atoms with Crippen molar-refractivity contribution >= 4 is 29.0 Å². The van der Waals surface area contributed by atoms with E-state index in [1.807, 2.05) is 0 Å². The minimum atomic E-state index is 0.297. The predicted octanol–water partition coefficient (Wildman–Crippen LogP) is 2.63. The van der Waals surface area contributed by atoms with Gasteiger partial charge in [0.05, 0.1) is 10.6 Å². The molecule has 0 atom stereocenters. The third-order valence-electron chi connectivity index (χ3n) is 1.61. The van der Waals surface area contributed by atoms with Crippen LogP contribution in [0.5, 0.6) is 0 Å². The second-order valence-electron chi connectivity index (χ2n) is 2.60. The highest BCUT2D eigenvalue weighted by Crippen LogP contribution is 2.29. The van der Waals surface area contributed by atoms with Crippen molar-refractivity contribution in [2.24, 2.45) is 0 Å². The van der Waals surface area contributed by atoms with E-state index in [-0.39, 0.29) is 0 Å². The van der Waals surface area contributed by atoms with Gasteiger partial charge in [0, 0.05) is 12.3 Å². The first-order valence-electron chi connectivity index (χ1n) is 3.70. The van der Waals surface area contributed by atoms with Gasteiger partial charge in [-0.2, -0.15) is 0 Å². The molecule has 2 aromatic rings. The third-order valence-corrected chi connectivity index (χ3v) is 2.13. The lowest BCUT2D eigenvalue weighted by Crippen LogP contribution is -1.81. The lowest BCUT2D eigenvalue weighted by Gasteiger charge is -1.98. The Kier molecular flexibility index (Phi) is 2.31. The molecule has 72 valence electrons. The lowest BCUT2D eigenvalue weighted by atomic mass is 10.2. The summed E-state index contributed by atoms with van der Waals surface area (Å²) >= 11 is 11.6. The summed E-state index contributed by atoms with van der Waals surface area (Å²) in [5.74, 6) is 0.766. The molecule has 2 heterocycles. The first-order chi connectivity index (χ1) is 6.66. The average Bonchev–Trinajstić information content (AvgIpc) is 2.51. The Labute approximate surface area is 89.6 Å². The molecule has 0 aliphatic heterocycles. The second kappa shape index (κ2) is 3.48. The van der Waals surface area contributed by atoms with Crippen LogP contribution in [0.4, 0.5) is 5.82 Å². The zero-order chi connectivity index (χ0) is 10.1. The van der Waals surface area contributed by atoms with Crippen LogP contribution >= 0.6 is 23.2 Å². The van der Waals surface area contributed by atoms with E-state index < -0.39 is 0 Å². The smallest absolute Gasteiger partial charge is 0.172 e. The van der Waals surface area contributed by atoms with Gasteiger partial charge in [-0.1, -0.05) is 28.4 Å². The number of nitrogen functional groups attached to an aromatic ring is 1. The van der Waals surface area contributed by atoms with E-state index in [0.29, 0.717) is 27.3 Å². The van der Waals surface area contributed by atoms with Gasteiger partial charge in [0.2, 0.25) is 0 Å². The molecule has 0 bridgehead atoms. The Morgan fingerprint density at radius 3 is 2.64 bits per heavy atom. The van der Waals surface area contributed by atoms with Gasteiger partial charge in [-0.25, -0.2) is 4.98 Å². The fraction of sp³-hybridized carbons (Fsp3) is 0. The average molecular weight is 230 g/mol. The van der Waals surface area contributed by atoms with Crippen LogP contribution in [-0.4, -0.2) is 10.1 Å². The largest absolute Gasteiger partial charge is 0.381 e. The van der Waals surface area contributed by atoms with Gasteiger partial charge >= 0.3 is 0 Å². The van der Waals surface area contributed by atoms with Crippen molar-refractivity contribution in [3.63, 3.8) is 0 Å². The number of halogens is 2. The first-order valence-corrected chi connectivity index (χ1v) is 4.46. The molecule has 0 aliphatic rings. The molecule has 2 N–H and O–H groups in total. The van der Waals surface area contributed by atoms with E-state index in [1.54, 1.807) is 6.07 Å². The van der Waals surface area contributed by atoms with Crippen molar-refractivity contribution in [3.05, 3.63) is 28.5 Å². The summed E-state index contributed by atoms with van der Waals surface area (Å²) in [7, 11) is 0. The summed E-state index contributed by atoms with van der Waals surface area (Å²) < 4.78 is 4.93. The maximum atomic E-state index is 5.92. The van der Waals surface area contributed by atoms with Crippen LogP contribution in [0, 0.1) is 0 Å². The number of nitrogens with zero attached hydrogens (tertiary/aromatic N) is 2. The highest BCUT2D eigenvalue weighted by molar-refractivity contribution is 6.35. The highest BCUT2D eigenvalue weighted by atomic mass is 35.5. The zero-order valence-electron chi connectivity index (χ0n) is 6.87. The Balaban J connectivity index is 2.52. The number of hydrogen-bond donors (Lipinski definition) is 1. The molecule has 0 radical (unpaired) electrons. The minimum absolute atomic E-state index is 0.297. The quantitative estimate of drug-likeness (QED) is 0.764. The minimum Gasteiger partial charge on any atom is -0.381 e. The van der Waals surface area contributed by atoms with E-state index >= 15 is 0 Å². The van der Waals surface area contributed by atoms with Crippen LogP contribution in [0.1, 0.15) is 0 Å². The Hall–Kier alpha value is -1.26. The molecule has 0 aromatic carbocycles. The highest BCUT2D eigenvalue weighted by Gasteiger charge is 2.09. The Bertz CT molecular complexity index is 469. The van der Waals surface area contributed by atoms with Crippen LogP contribution in [-0.2, 0) is 0 Å². The molecule has 4 nitrogen and oxygen atoms in total. The van der Waals surface area contributed by atoms with E-state index in [4.69, 9.17) is 33.5 Å². The number of nitrogens with two attached hydrogens (primary N) is 1. The summed E-state index contributed by atoms with van der Waals surface area (Å²) in [4.78, 5) is 3.88. The molecule has 0 saturated heterocycles. The monoisotopic (exact) mass is 229 g/mol. The molecule has 6 heteroatoms. The van der Waals surface area contributed by atoms with E-state index in [0.717, 1.165) is 0 Å². The molecular formula is C8H5Cl2N3O. The number of anilines is 1. The first kappa shape index (κ1) is 9.30. The van der Waals surface area contributed by atoms with Crippen molar-refractivity contribution in [3.8, 4) is 11.3 Å². The molecule has 2 aromatic heterocycles. The maximum Gasteiger partial charge on any atom is 0.172 e. The molecule has 0 aliphatic carbocycles. The van der Waals surface area contributed by atoms with Crippen LogP contribution in [0.2, 0.25) is 10.2 Å². The van der Waals surface area contributed by atoms with Gasteiger partial charge in [-0.05, 0) is 6.07 Å². The molecule has 0 spiro atoms. The van der Waals surface area contributed by atoms with Gasteiger partial charge in [0.25, 0.3) is 0 Å². The van der Waals surface area contributed by atoms with Crippen LogP contribution in [0.15, 0.2) is 22.9 Å². The van der Waals surface area contributed by atoms with Crippen molar-refractivity contribution in [1.82, 2.24) is 10.1 Å². The van der Waals surface area contributed by atoms with Gasteiger partial charge in [0.1, 0.15) is 5.15 Å². The van der Waals surface area contributed by atoms with Gasteiger partial charge < -0.3 is 10.3 Å². The molecule has 0 unspecified atom stereocenters. The Morgan fingerprint density at radius 1 is 1.29 bits per heavy atom. The van der Waals surface area contributed by atoms with Gasteiger partial charge in [0.15, 0.2) is 11.6 Å². The molecule has 14 heavy (non-hydrogen) atoms. The number of rotatable bonds is 1. The second-order valence-corrected chi connectivity index (χ2v) is 3.40. The molecule has 0 fully saturated rings. The van der Waals surface area contributed by atoms with Crippen molar-refractivity contribution in [2.75, 3.05) is 5.73 Å². The topological polar surface area (TPSA) is 64.9 Å². The summed E-state index contributed by atoms with van der Waals surface area (Å²) in [5.41, 5.74) is 6.01. The number of hydrogen-bond acceptors (Lipinski definition) is 4. The lowest BCUT2D eigenvalue weighted by molar-refractivity contribution is 0.435. The van der Waals surface area contributed by atoms with Crippen LogP contribution in [0.25, 0.3) is 11.3 Å². The number of aromatic nitrogens is 2. The summed E-state index contributed by atoms with van der Waals surface area (Å²) in [6.45, 7) is 0. The molecular weight excluding hydrogens is 225 g/mol. The Morgan fingerprint density at radius 2 is 2.07 bits per heavy atom. The molecule has 0 saturated carbocycles. The van der Waals surface area contributed by atoms with E-state index in [9.17, 15) is 0 Å². The molecule has 2 rings (SSSR count). The standard InChI is InChI=1S/C8H5Cl2N3O/c9-5-1-7(10)12-3-4(5)6-2-8(11)13-14-6/h1-3H,(H2,11,13). The van der Waals surface area contributed by atoms with Crippen LogP contribution in [0.3, 0.4) is 0 Å². The fourth-order valence-corrected chi connectivity index (χ4v) is 1.46. The summed E-state index contributed by atoms with van der Waals surface area (Å²) in [5, 5.41) is 4.31. The summed E-state index contributed by atoms with van der Waals surface area (Å²) in [6.07, 6.45) is 1.50. The summed E-state index contributed by atoms with van der Waals surface area (Å²) in [6, 6.07) is 3.09. The third kappa shape index (κ3) is 1.66. The number of pyridine rings is 1. The van der Waals surface area contributed by atoms with Crippen LogP contribution < -0.4 is 5.73 Å². The van der Waals surface area contributed by atoms with Gasteiger partial charge in [-0.3, -0.25) is 0 Å². The molecule has 0 amide bonds. The maximum absolute atomic E-state index is 5.92. The van der Waals surface area contributed by atoms with Gasteiger partial charge in [-0.15, -0.1) is 0 Å². The van der Waals surface area contributed by atoms with E-state index in [2.05, 4.69) is 10.1 Å².